The summed E-state index contributed by atoms with van der Waals surface area (Å²) in [7, 11) is 0. The van der Waals surface area contributed by atoms with Crippen LogP contribution in [0.25, 0.3) is 0 Å². The van der Waals surface area contributed by atoms with Crippen LogP contribution in [0.1, 0.15) is 57.9 Å². The Hall–Kier alpha value is -1.52. The number of hydrogen-bond acceptors (Lipinski definition) is 2. The Morgan fingerprint density at radius 3 is 2.68 bits per heavy atom. The summed E-state index contributed by atoms with van der Waals surface area (Å²) in [5.74, 6) is 1.27. The van der Waals surface area contributed by atoms with E-state index in [1.807, 2.05) is 15.8 Å². The van der Waals surface area contributed by atoms with Crippen molar-refractivity contribution in [1.82, 2.24) is 20.0 Å². The summed E-state index contributed by atoms with van der Waals surface area (Å²) < 4.78 is 2.04. The minimum absolute atomic E-state index is 0.136. The largest absolute Gasteiger partial charge is 0.338 e. The number of aromatic nitrogens is 2. The number of aryl methyl sites for hydroxylation is 1. The number of urea groups is 1. The number of nitrogens with zero attached hydrogens (tertiary/aromatic N) is 3. The van der Waals surface area contributed by atoms with E-state index in [9.17, 15) is 4.79 Å². The van der Waals surface area contributed by atoms with E-state index >= 15 is 0 Å². The van der Waals surface area contributed by atoms with Gasteiger partial charge in [0.1, 0.15) is 0 Å². The van der Waals surface area contributed by atoms with Crippen LogP contribution in [0.3, 0.4) is 0 Å². The Bertz CT molecular complexity index is 572. The third kappa shape index (κ3) is 5.23. The lowest BCUT2D eigenvalue weighted by Gasteiger charge is -2.36. The third-order valence-electron chi connectivity index (χ3n) is 5.96. The molecule has 140 valence electrons. The van der Waals surface area contributed by atoms with Crippen LogP contribution in [-0.2, 0) is 6.54 Å². The van der Waals surface area contributed by atoms with Crippen LogP contribution in [0.5, 0.6) is 0 Å². The number of amides is 2. The van der Waals surface area contributed by atoms with E-state index < -0.39 is 0 Å². The first kappa shape index (κ1) is 18.3. The Morgan fingerprint density at radius 1 is 1.28 bits per heavy atom. The fourth-order valence-electron chi connectivity index (χ4n) is 4.52. The second kappa shape index (κ2) is 7.79. The lowest BCUT2D eigenvalue weighted by atomic mass is 9.72. The number of nitrogens with one attached hydrogen (secondary N) is 1. The summed E-state index contributed by atoms with van der Waals surface area (Å²) >= 11 is 0. The average molecular weight is 347 g/mol. The number of likely N-dealkylation sites (tertiary alicyclic amines) is 1. The van der Waals surface area contributed by atoms with Crippen molar-refractivity contribution in [3.8, 4) is 0 Å². The van der Waals surface area contributed by atoms with E-state index in [1.54, 1.807) is 0 Å². The van der Waals surface area contributed by atoms with Crippen molar-refractivity contribution in [2.24, 2.45) is 17.3 Å². The van der Waals surface area contributed by atoms with Gasteiger partial charge in [-0.1, -0.05) is 20.3 Å². The highest BCUT2D eigenvalue weighted by Crippen LogP contribution is 2.38. The molecule has 1 unspecified atom stereocenters. The fraction of sp³-hybridized carbons (Fsp3) is 0.800. The van der Waals surface area contributed by atoms with E-state index in [0.29, 0.717) is 17.3 Å². The molecule has 2 heterocycles. The molecule has 0 aromatic carbocycles. The second-order valence-corrected chi connectivity index (χ2v) is 8.98. The fourth-order valence-corrected chi connectivity index (χ4v) is 4.52. The van der Waals surface area contributed by atoms with Crippen LogP contribution >= 0.6 is 0 Å². The molecule has 2 aliphatic rings. The van der Waals surface area contributed by atoms with Crippen molar-refractivity contribution in [3.63, 3.8) is 0 Å². The van der Waals surface area contributed by atoms with Crippen LogP contribution in [0, 0.1) is 24.2 Å². The van der Waals surface area contributed by atoms with E-state index in [1.165, 1.54) is 31.2 Å². The molecule has 25 heavy (non-hydrogen) atoms. The van der Waals surface area contributed by atoms with Gasteiger partial charge >= 0.3 is 6.03 Å². The number of rotatable bonds is 4. The monoisotopic (exact) mass is 346 g/mol. The molecule has 2 amide bonds. The van der Waals surface area contributed by atoms with Crippen molar-refractivity contribution in [2.45, 2.75) is 65.8 Å². The molecule has 0 spiro atoms. The van der Waals surface area contributed by atoms with Gasteiger partial charge in [0.25, 0.3) is 0 Å². The van der Waals surface area contributed by atoms with Gasteiger partial charge in [-0.2, -0.15) is 5.10 Å². The molecule has 5 heteroatoms. The summed E-state index contributed by atoms with van der Waals surface area (Å²) in [6.07, 6.45) is 11.3. The highest BCUT2D eigenvalue weighted by atomic mass is 16.2. The lowest BCUT2D eigenvalue weighted by Crippen LogP contribution is -2.46. The maximum Gasteiger partial charge on any atom is 0.317 e. The van der Waals surface area contributed by atoms with Gasteiger partial charge in [-0.15, -0.1) is 0 Å². The van der Waals surface area contributed by atoms with E-state index in [2.05, 4.69) is 37.4 Å². The highest BCUT2D eigenvalue weighted by molar-refractivity contribution is 5.74. The van der Waals surface area contributed by atoms with Crippen molar-refractivity contribution < 1.29 is 4.79 Å². The first-order valence-corrected chi connectivity index (χ1v) is 9.93. The van der Waals surface area contributed by atoms with E-state index in [4.69, 9.17) is 0 Å². The van der Waals surface area contributed by atoms with Gasteiger partial charge < -0.3 is 10.2 Å². The molecule has 1 atom stereocenters. The summed E-state index contributed by atoms with van der Waals surface area (Å²) in [5, 5.41) is 7.58. The molecular weight excluding hydrogens is 312 g/mol. The zero-order valence-electron chi connectivity index (χ0n) is 16.1. The minimum Gasteiger partial charge on any atom is -0.338 e. The molecule has 1 N–H and O–H groups in total. The Labute approximate surface area is 152 Å². The van der Waals surface area contributed by atoms with Gasteiger partial charge in [-0.25, -0.2) is 4.79 Å². The molecule has 1 saturated carbocycles. The van der Waals surface area contributed by atoms with Gasteiger partial charge in [0.15, 0.2) is 0 Å². The molecule has 1 aliphatic heterocycles. The maximum absolute atomic E-state index is 12.5. The SMILES string of the molecule is Cc1cnn(CC2CCN(C(=O)NCC3CCCC(C)(C)C3)CC2)c1. The maximum atomic E-state index is 12.5. The number of carbonyl (C=O) groups is 1. The Kier molecular flexibility index (Phi) is 5.70. The van der Waals surface area contributed by atoms with Crippen molar-refractivity contribution in [1.29, 1.82) is 0 Å². The van der Waals surface area contributed by atoms with Gasteiger partial charge in [-0.05, 0) is 61.8 Å². The van der Waals surface area contributed by atoms with Crippen molar-refractivity contribution in [2.75, 3.05) is 19.6 Å². The van der Waals surface area contributed by atoms with Gasteiger partial charge in [0.05, 0.1) is 6.20 Å². The van der Waals surface area contributed by atoms with Crippen LogP contribution in [0.2, 0.25) is 0 Å². The van der Waals surface area contributed by atoms with Gasteiger partial charge in [-0.3, -0.25) is 4.68 Å². The minimum atomic E-state index is 0.136. The summed E-state index contributed by atoms with van der Waals surface area (Å²) in [6, 6.07) is 0.136. The molecule has 5 nitrogen and oxygen atoms in total. The summed E-state index contributed by atoms with van der Waals surface area (Å²) in [4.78, 5) is 14.5. The normalized spacial score (nSPS) is 24.3. The molecule has 0 bridgehead atoms. The molecule has 3 rings (SSSR count). The van der Waals surface area contributed by atoms with Crippen molar-refractivity contribution >= 4 is 6.03 Å². The average Bonchev–Trinajstić information content (AvgIpc) is 2.97. The highest BCUT2D eigenvalue weighted by Gasteiger charge is 2.29. The Morgan fingerprint density at radius 2 is 2.04 bits per heavy atom. The smallest absolute Gasteiger partial charge is 0.317 e. The zero-order chi connectivity index (χ0) is 17.9. The first-order chi connectivity index (χ1) is 11.9. The van der Waals surface area contributed by atoms with Crippen LogP contribution in [0.15, 0.2) is 12.4 Å². The quantitative estimate of drug-likeness (QED) is 0.901. The number of carbonyl (C=O) groups excluding carboxylic acids is 1. The van der Waals surface area contributed by atoms with E-state index in [0.717, 1.165) is 39.0 Å². The van der Waals surface area contributed by atoms with Gasteiger partial charge in [0, 0.05) is 32.4 Å². The molecule has 1 saturated heterocycles. The topological polar surface area (TPSA) is 50.2 Å². The molecular formula is C20H34N4O. The summed E-state index contributed by atoms with van der Waals surface area (Å²) in [5.41, 5.74) is 1.65. The van der Waals surface area contributed by atoms with E-state index in [-0.39, 0.29) is 6.03 Å². The van der Waals surface area contributed by atoms with Crippen LogP contribution in [0.4, 0.5) is 4.79 Å². The Balaban J connectivity index is 1.38. The van der Waals surface area contributed by atoms with Crippen molar-refractivity contribution in [3.05, 3.63) is 18.0 Å². The molecule has 0 radical (unpaired) electrons. The second-order valence-electron chi connectivity index (χ2n) is 8.98. The zero-order valence-corrected chi connectivity index (χ0v) is 16.1. The van der Waals surface area contributed by atoms with Crippen LogP contribution in [-0.4, -0.2) is 40.3 Å². The predicted molar refractivity (Wildman–Crippen MR) is 100 cm³/mol. The molecule has 1 aliphatic carbocycles. The molecule has 2 fully saturated rings. The number of piperidine rings is 1. The first-order valence-electron chi connectivity index (χ1n) is 9.93. The third-order valence-corrected chi connectivity index (χ3v) is 5.96. The van der Waals surface area contributed by atoms with Crippen LogP contribution < -0.4 is 5.32 Å². The van der Waals surface area contributed by atoms with Gasteiger partial charge in [0.2, 0.25) is 0 Å². The standard InChI is InChI=1S/C20H34N4O/c1-16-12-22-24(14-16)15-17-6-9-23(10-7-17)19(25)21-13-18-5-4-8-20(2,3)11-18/h12,14,17-18H,4-11,13,15H2,1-3H3,(H,21,25). The lowest BCUT2D eigenvalue weighted by molar-refractivity contribution is 0.152. The molecule has 1 aromatic rings. The number of hydrogen-bond donors (Lipinski definition) is 1. The molecule has 1 aromatic heterocycles. The summed E-state index contributed by atoms with van der Waals surface area (Å²) in [6.45, 7) is 10.3. The predicted octanol–water partition coefficient (Wildman–Crippen LogP) is 3.83.